The van der Waals surface area contributed by atoms with E-state index in [2.05, 4.69) is 10.3 Å². The number of hydrogen-bond acceptors (Lipinski definition) is 6. The Bertz CT molecular complexity index is 1290. The van der Waals surface area contributed by atoms with Gasteiger partial charge in [-0.1, -0.05) is 26.0 Å². The van der Waals surface area contributed by atoms with Gasteiger partial charge in [0.25, 0.3) is 17.6 Å². The van der Waals surface area contributed by atoms with Crippen molar-refractivity contribution in [2.45, 2.75) is 70.2 Å². The third kappa shape index (κ3) is 5.23. The van der Waals surface area contributed by atoms with Gasteiger partial charge in [-0.2, -0.15) is 0 Å². The van der Waals surface area contributed by atoms with Crippen molar-refractivity contribution < 1.29 is 32.8 Å². The molecule has 4 aliphatic rings. The Balaban J connectivity index is 1.67. The quantitative estimate of drug-likeness (QED) is 0.419. The molecular formula is C28H35F2N5O5. The summed E-state index contributed by atoms with van der Waals surface area (Å²) in [6, 6.07) is 2.55. The van der Waals surface area contributed by atoms with Crippen LogP contribution in [0.1, 0.15) is 50.7 Å². The van der Waals surface area contributed by atoms with E-state index in [0.717, 1.165) is 4.90 Å². The van der Waals surface area contributed by atoms with E-state index in [0.29, 0.717) is 17.7 Å². The molecule has 12 heteroatoms. The van der Waals surface area contributed by atoms with E-state index < -0.39 is 59.0 Å². The predicted molar refractivity (Wildman–Crippen MR) is 141 cm³/mol. The number of rotatable bonds is 6. The molecule has 1 aliphatic carbocycles. The number of carbonyl (C=O) groups is 5. The molecule has 3 heterocycles. The monoisotopic (exact) mass is 559 g/mol. The molecule has 2 bridgehead atoms. The second-order valence-corrected chi connectivity index (χ2v) is 11.5. The topological polar surface area (TPSA) is 119 Å². The highest BCUT2D eigenvalue weighted by Gasteiger charge is 2.60. The van der Waals surface area contributed by atoms with Gasteiger partial charge in [-0.05, 0) is 55.7 Å². The summed E-state index contributed by atoms with van der Waals surface area (Å²) in [5.74, 6) is -5.00. The maximum atomic E-state index is 15.7. The third-order valence-corrected chi connectivity index (χ3v) is 8.10. The van der Waals surface area contributed by atoms with E-state index in [1.54, 1.807) is 13.0 Å². The van der Waals surface area contributed by atoms with Crippen LogP contribution in [-0.2, 0) is 30.5 Å². The lowest BCUT2D eigenvalue weighted by Gasteiger charge is -2.46. The van der Waals surface area contributed by atoms with Gasteiger partial charge in [-0.3, -0.25) is 28.9 Å². The summed E-state index contributed by atoms with van der Waals surface area (Å²) in [4.78, 5) is 73.6. The fourth-order valence-electron chi connectivity index (χ4n) is 5.79. The number of hydrogen-bond donors (Lipinski definition) is 1. The first kappa shape index (κ1) is 29.3. The fourth-order valence-corrected chi connectivity index (χ4v) is 5.79. The summed E-state index contributed by atoms with van der Waals surface area (Å²) in [5.41, 5.74) is -2.20. The molecule has 1 unspecified atom stereocenters. The second-order valence-electron chi connectivity index (χ2n) is 11.5. The van der Waals surface area contributed by atoms with Crippen molar-refractivity contribution in [3.05, 3.63) is 35.1 Å². The molecule has 3 fully saturated rings. The number of amides is 4. The van der Waals surface area contributed by atoms with Crippen molar-refractivity contribution in [1.82, 2.24) is 20.0 Å². The summed E-state index contributed by atoms with van der Waals surface area (Å²) >= 11 is 0. The van der Waals surface area contributed by atoms with Crippen LogP contribution in [0.5, 0.6) is 0 Å². The number of fused-ring (bicyclic) bond motifs is 2. The molecule has 1 aromatic carbocycles. The van der Waals surface area contributed by atoms with Crippen LogP contribution in [-0.4, -0.2) is 94.4 Å². The molecule has 0 aromatic heterocycles. The summed E-state index contributed by atoms with van der Waals surface area (Å²) in [6.45, 7) is 5.26. The number of Topliss-reactive ketones (excluding diaryl/α,β-unsaturated/α-hetero) is 1. The first-order valence-corrected chi connectivity index (χ1v) is 13.4. The van der Waals surface area contributed by atoms with Crippen LogP contribution in [0.2, 0.25) is 0 Å². The van der Waals surface area contributed by atoms with Crippen molar-refractivity contribution >= 4 is 35.2 Å². The average molecular weight is 560 g/mol. The Labute approximate surface area is 231 Å². The van der Waals surface area contributed by atoms with Crippen LogP contribution in [0.4, 0.5) is 8.78 Å². The van der Waals surface area contributed by atoms with Gasteiger partial charge in [0.15, 0.2) is 6.04 Å². The molecule has 1 N–H and O–H groups in total. The lowest BCUT2D eigenvalue weighted by atomic mass is 9.75. The molecule has 2 saturated heterocycles. The maximum Gasteiger partial charge on any atom is 0.312 e. The van der Waals surface area contributed by atoms with Gasteiger partial charge in [0.2, 0.25) is 0 Å². The highest BCUT2D eigenvalue weighted by Crippen LogP contribution is 2.47. The number of nitrogens with one attached hydrogen (secondary N) is 1. The van der Waals surface area contributed by atoms with Crippen LogP contribution >= 0.6 is 0 Å². The molecule has 0 radical (unpaired) electrons. The van der Waals surface area contributed by atoms with Crippen molar-refractivity contribution in [1.29, 1.82) is 0 Å². The van der Waals surface area contributed by atoms with Crippen LogP contribution in [0.3, 0.4) is 0 Å². The Kier molecular flexibility index (Phi) is 7.83. The number of aryl methyl sites for hydroxylation is 1. The first-order chi connectivity index (χ1) is 18.7. The molecule has 40 heavy (non-hydrogen) atoms. The highest BCUT2D eigenvalue weighted by molar-refractivity contribution is 6.46. The molecule has 1 aromatic rings. The largest absolute Gasteiger partial charge is 0.350 e. The maximum absolute atomic E-state index is 15.7. The summed E-state index contributed by atoms with van der Waals surface area (Å²) in [6.07, 6.45) is 0.0939. The van der Waals surface area contributed by atoms with Crippen molar-refractivity contribution in [2.24, 2.45) is 10.9 Å². The lowest BCUT2D eigenvalue weighted by Crippen LogP contribution is -2.65. The fraction of sp³-hybridized carbons (Fsp3) is 0.571. The number of aliphatic imine (C=N–C) groups is 1. The van der Waals surface area contributed by atoms with E-state index in [9.17, 15) is 28.4 Å². The molecule has 0 spiro atoms. The van der Waals surface area contributed by atoms with Crippen molar-refractivity contribution in [3.8, 4) is 0 Å². The number of halogens is 2. The minimum Gasteiger partial charge on any atom is -0.350 e. The molecule has 5 rings (SSSR count). The van der Waals surface area contributed by atoms with E-state index in [1.807, 2.05) is 13.8 Å². The molecule has 1 saturated carbocycles. The number of carbonyl (C=O) groups excluding carboxylic acids is 5. The SMILES string of the molecule is Cc1cc(CNC(=O)C2N=C3N(CC4(F)CCC3(N(C)C(=O)C(=O)N(C)CC(C)C)CC4)C(=O)C2=O)ccc1F. The second kappa shape index (κ2) is 10.7. The smallest absolute Gasteiger partial charge is 0.312 e. The zero-order valence-electron chi connectivity index (χ0n) is 23.4. The van der Waals surface area contributed by atoms with Crippen molar-refractivity contribution in [3.63, 3.8) is 0 Å². The number of alkyl halides is 1. The van der Waals surface area contributed by atoms with Crippen LogP contribution in [0.15, 0.2) is 23.2 Å². The van der Waals surface area contributed by atoms with E-state index in [4.69, 9.17) is 0 Å². The Morgan fingerprint density at radius 2 is 1.77 bits per heavy atom. The lowest BCUT2D eigenvalue weighted by molar-refractivity contribution is -0.153. The summed E-state index contributed by atoms with van der Waals surface area (Å²) in [7, 11) is 2.93. The normalized spacial score (nSPS) is 25.8. The summed E-state index contributed by atoms with van der Waals surface area (Å²) in [5, 5.41) is 2.57. The minimum absolute atomic E-state index is 0.0155. The molecule has 1 atom stereocenters. The number of likely N-dealkylation sites (N-methyl/N-ethyl adjacent to an activating group) is 2. The standard InChI is InChI=1S/C28H35F2N5O5/c1-16(2)14-33(4)24(39)25(40)34(5)28-10-8-27(30,9-11-28)15-35-23(38)21(36)20(32-26(28)35)22(37)31-13-18-6-7-19(29)17(3)12-18/h6-7,12,16,20H,8-11,13-15H2,1-5H3,(H,31,37). The molecule has 4 amide bonds. The summed E-state index contributed by atoms with van der Waals surface area (Å²) < 4.78 is 29.3. The Hall–Kier alpha value is -3.70. The van der Waals surface area contributed by atoms with Gasteiger partial charge in [-0.15, -0.1) is 0 Å². The van der Waals surface area contributed by atoms with Gasteiger partial charge in [0.1, 0.15) is 22.9 Å². The van der Waals surface area contributed by atoms with Gasteiger partial charge >= 0.3 is 11.8 Å². The Morgan fingerprint density at radius 3 is 2.38 bits per heavy atom. The van der Waals surface area contributed by atoms with Gasteiger partial charge in [0.05, 0.1) is 6.54 Å². The zero-order valence-corrected chi connectivity index (χ0v) is 23.4. The minimum atomic E-state index is -1.80. The van der Waals surface area contributed by atoms with Crippen molar-refractivity contribution in [2.75, 3.05) is 27.2 Å². The van der Waals surface area contributed by atoms with E-state index >= 15 is 4.39 Å². The third-order valence-electron chi connectivity index (χ3n) is 8.10. The first-order valence-electron chi connectivity index (χ1n) is 13.4. The predicted octanol–water partition coefficient (Wildman–Crippen LogP) is 1.54. The van der Waals surface area contributed by atoms with E-state index in [-0.39, 0.29) is 44.0 Å². The van der Waals surface area contributed by atoms with Gasteiger partial charge in [0, 0.05) is 27.2 Å². The number of amidine groups is 1. The van der Waals surface area contributed by atoms with Crippen LogP contribution < -0.4 is 5.32 Å². The van der Waals surface area contributed by atoms with Crippen LogP contribution in [0.25, 0.3) is 0 Å². The Morgan fingerprint density at radius 1 is 1.12 bits per heavy atom. The van der Waals surface area contributed by atoms with Gasteiger partial charge in [-0.25, -0.2) is 13.8 Å². The van der Waals surface area contributed by atoms with Gasteiger partial charge < -0.3 is 15.1 Å². The molecular weight excluding hydrogens is 524 g/mol. The van der Waals surface area contributed by atoms with E-state index in [1.165, 1.54) is 36.0 Å². The average Bonchev–Trinajstić information content (AvgIpc) is 3.12. The zero-order chi connectivity index (χ0) is 29.6. The molecule has 3 aliphatic heterocycles. The number of ketones is 1. The van der Waals surface area contributed by atoms with Crippen LogP contribution in [0, 0.1) is 18.7 Å². The molecule has 216 valence electrons. The number of nitrogens with zero attached hydrogens (tertiary/aromatic N) is 4. The number of benzene rings is 1. The highest BCUT2D eigenvalue weighted by atomic mass is 19.1. The molecule has 10 nitrogen and oxygen atoms in total.